The summed E-state index contributed by atoms with van der Waals surface area (Å²) in [6, 6.07) is 13.7. The van der Waals surface area contributed by atoms with Crippen LogP contribution in [0.3, 0.4) is 0 Å². The van der Waals surface area contributed by atoms with Crippen molar-refractivity contribution in [1.29, 1.82) is 0 Å². The van der Waals surface area contributed by atoms with Crippen LogP contribution in [0.25, 0.3) is 11.3 Å². The third-order valence-corrected chi connectivity index (χ3v) is 4.35. The van der Waals surface area contributed by atoms with Gasteiger partial charge in [0.1, 0.15) is 11.9 Å². The SMILES string of the molecule is Cc1ccc(C)c(-c2ccc(=O)n([C@H](C)C(=O)Nc3ccc(F)cc3)n2)c1. The molecule has 0 saturated carbocycles. The van der Waals surface area contributed by atoms with E-state index in [1.165, 1.54) is 30.3 Å². The largest absolute Gasteiger partial charge is 0.324 e. The second-order valence-electron chi connectivity index (χ2n) is 6.49. The third kappa shape index (κ3) is 4.11. The van der Waals surface area contributed by atoms with E-state index in [2.05, 4.69) is 10.4 Å². The van der Waals surface area contributed by atoms with E-state index >= 15 is 0 Å². The van der Waals surface area contributed by atoms with Gasteiger partial charge in [-0.15, -0.1) is 0 Å². The molecule has 1 heterocycles. The Morgan fingerprint density at radius 1 is 1.07 bits per heavy atom. The number of aryl methyl sites for hydroxylation is 2. The average Bonchev–Trinajstić information content (AvgIpc) is 2.65. The molecule has 0 spiro atoms. The van der Waals surface area contributed by atoms with E-state index in [0.29, 0.717) is 11.4 Å². The summed E-state index contributed by atoms with van der Waals surface area (Å²) in [6.45, 7) is 5.55. The van der Waals surface area contributed by atoms with Crippen LogP contribution in [0.2, 0.25) is 0 Å². The minimum Gasteiger partial charge on any atom is -0.324 e. The highest BCUT2D eigenvalue weighted by atomic mass is 19.1. The summed E-state index contributed by atoms with van der Waals surface area (Å²) >= 11 is 0. The number of rotatable bonds is 4. The molecule has 0 fully saturated rings. The molecule has 3 rings (SSSR count). The molecule has 2 aromatic carbocycles. The lowest BCUT2D eigenvalue weighted by Gasteiger charge is -2.15. The minimum atomic E-state index is -0.826. The Labute approximate surface area is 156 Å². The molecule has 1 aromatic heterocycles. The maximum absolute atomic E-state index is 13.0. The van der Waals surface area contributed by atoms with Gasteiger partial charge >= 0.3 is 0 Å². The number of nitrogens with zero attached hydrogens (tertiary/aromatic N) is 2. The van der Waals surface area contributed by atoms with Crippen molar-refractivity contribution in [3.8, 4) is 11.3 Å². The van der Waals surface area contributed by atoms with Crippen molar-refractivity contribution in [2.24, 2.45) is 0 Å². The molecule has 1 N–H and O–H groups in total. The second kappa shape index (κ2) is 7.53. The zero-order chi connectivity index (χ0) is 19.6. The molecule has 0 aliphatic rings. The number of nitrogens with one attached hydrogen (secondary N) is 1. The first-order valence-corrected chi connectivity index (χ1v) is 8.59. The topological polar surface area (TPSA) is 64.0 Å². The molecule has 5 nitrogen and oxygen atoms in total. The van der Waals surface area contributed by atoms with Crippen molar-refractivity contribution < 1.29 is 9.18 Å². The number of amides is 1. The summed E-state index contributed by atoms with van der Waals surface area (Å²) in [4.78, 5) is 24.8. The van der Waals surface area contributed by atoms with Crippen molar-refractivity contribution in [1.82, 2.24) is 9.78 Å². The van der Waals surface area contributed by atoms with Crippen LogP contribution in [0.1, 0.15) is 24.1 Å². The molecule has 0 aliphatic carbocycles. The molecule has 0 aliphatic heterocycles. The van der Waals surface area contributed by atoms with Crippen LogP contribution in [0, 0.1) is 19.7 Å². The molecule has 0 bridgehead atoms. The van der Waals surface area contributed by atoms with E-state index in [-0.39, 0.29) is 11.4 Å². The maximum Gasteiger partial charge on any atom is 0.267 e. The number of hydrogen-bond donors (Lipinski definition) is 1. The Morgan fingerprint density at radius 3 is 2.48 bits per heavy atom. The van der Waals surface area contributed by atoms with E-state index in [4.69, 9.17) is 0 Å². The van der Waals surface area contributed by atoms with Crippen molar-refractivity contribution in [2.45, 2.75) is 26.8 Å². The van der Waals surface area contributed by atoms with E-state index < -0.39 is 11.9 Å². The van der Waals surface area contributed by atoms with Crippen LogP contribution in [-0.4, -0.2) is 15.7 Å². The van der Waals surface area contributed by atoms with Crippen molar-refractivity contribution in [3.05, 3.63) is 81.9 Å². The van der Waals surface area contributed by atoms with Gasteiger partial charge in [-0.3, -0.25) is 9.59 Å². The van der Waals surface area contributed by atoms with Gasteiger partial charge in [-0.25, -0.2) is 9.07 Å². The van der Waals surface area contributed by atoms with Gasteiger partial charge in [-0.05, 0) is 62.7 Å². The summed E-state index contributed by atoms with van der Waals surface area (Å²) in [5, 5.41) is 7.07. The highest BCUT2D eigenvalue weighted by molar-refractivity contribution is 5.93. The quantitative estimate of drug-likeness (QED) is 0.763. The molecule has 138 valence electrons. The van der Waals surface area contributed by atoms with Crippen LogP contribution in [-0.2, 0) is 4.79 Å². The van der Waals surface area contributed by atoms with Gasteiger partial charge in [-0.2, -0.15) is 5.10 Å². The number of anilines is 1. The molecule has 1 atom stereocenters. The van der Waals surface area contributed by atoms with Gasteiger partial charge in [0, 0.05) is 17.3 Å². The summed E-state index contributed by atoms with van der Waals surface area (Å²) < 4.78 is 14.2. The van der Waals surface area contributed by atoms with Crippen molar-refractivity contribution in [3.63, 3.8) is 0 Å². The van der Waals surface area contributed by atoms with Crippen LogP contribution in [0.15, 0.2) is 59.4 Å². The fourth-order valence-electron chi connectivity index (χ4n) is 2.75. The standard InChI is InChI=1S/C21H20FN3O2/c1-13-4-5-14(2)18(12-13)19-10-11-20(26)25(24-19)15(3)21(27)23-17-8-6-16(22)7-9-17/h4-12,15H,1-3H3,(H,23,27)/t15-/m1/s1. The lowest BCUT2D eigenvalue weighted by Crippen LogP contribution is -2.33. The average molecular weight is 365 g/mol. The third-order valence-electron chi connectivity index (χ3n) is 4.35. The van der Waals surface area contributed by atoms with Crippen molar-refractivity contribution in [2.75, 3.05) is 5.32 Å². The van der Waals surface area contributed by atoms with E-state index in [0.717, 1.165) is 21.4 Å². The van der Waals surface area contributed by atoms with Crippen LogP contribution >= 0.6 is 0 Å². The Kier molecular flexibility index (Phi) is 5.16. The smallest absolute Gasteiger partial charge is 0.267 e. The Morgan fingerprint density at radius 2 is 1.78 bits per heavy atom. The normalized spacial score (nSPS) is 11.9. The molecular weight excluding hydrogens is 345 g/mol. The molecule has 0 unspecified atom stereocenters. The summed E-state index contributed by atoms with van der Waals surface area (Å²) in [6.07, 6.45) is 0. The number of halogens is 1. The van der Waals surface area contributed by atoms with Gasteiger partial charge in [-0.1, -0.05) is 17.7 Å². The van der Waals surface area contributed by atoms with Crippen LogP contribution in [0.5, 0.6) is 0 Å². The highest BCUT2D eigenvalue weighted by Crippen LogP contribution is 2.22. The fraction of sp³-hybridized carbons (Fsp3) is 0.190. The highest BCUT2D eigenvalue weighted by Gasteiger charge is 2.18. The molecule has 0 saturated heterocycles. The number of aromatic nitrogens is 2. The molecule has 6 heteroatoms. The molecule has 1 amide bonds. The van der Waals surface area contributed by atoms with Gasteiger partial charge < -0.3 is 5.32 Å². The lowest BCUT2D eigenvalue weighted by atomic mass is 10.0. The number of carbonyl (C=O) groups is 1. The summed E-state index contributed by atoms with van der Waals surface area (Å²) in [5.41, 5.74) is 3.73. The van der Waals surface area contributed by atoms with Gasteiger partial charge in [0.15, 0.2) is 0 Å². The first-order valence-electron chi connectivity index (χ1n) is 8.59. The molecule has 27 heavy (non-hydrogen) atoms. The van der Waals surface area contributed by atoms with E-state index in [9.17, 15) is 14.0 Å². The van der Waals surface area contributed by atoms with Gasteiger partial charge in [0.05, 0.1) is 5.69 Å². The lowest BCUT2D eigenvalue weighted by molar-refractivity contribution is -0.119. The summed E-state index contributed by atoms with van der Waals surface area (Å²) in [5.74, 6) is -0.797. The summed E-state index contributed by atoms with van der Waals surface area (Å²) in [7, 11) is 0. The zero-order valence-electron chi connectivity index (χ0n) is 15.4. The second-order valence-corrected chi connectivity index (χ2v) is 6.49. The molecule has 0 radical (unpaired) electrons. The van der Waals surface area contributed by atoms with Gasteiger partial charge in [0.2, 0.25) is 5.91 Å². The number of benzene rings is 2. The predicted molar refractivity (Wildman–Crippen MR) is 103 cm³/mol. The van der Waals surface area contributed by atoms with E-state index in [1.54, 1.807) is 13.0 Å². The van der Waals surface area contributed by atoms with Crippen LogP contribution in [0.4, 0.5) is 10.1 Å². The maximum atomic E-state index is 13.0. The zero-order valence-corrected chi connectivity index (χ0v) is 15.4. The van der Waals surface area contributed by atoms with Crippen LogP contribution < -0.4 is 10.9 Å². The Bertz CT molecular complexity index is 1040. The number of carbonyl (C=O) groups excluding carboxylic acids is 1. The number of hydrogen-bond acceptors (Lipinski definition) is 3. The minimum absolute atomic E-state index is 0.370. The first kappa shape index (κ1) is 18.5. The van der Waals surface area contributed by atoms with Gasteiger partial charge in [0.25, 0.3) is 5.56 Å². The van der Waals surface area contributed by atoms with Crippen molar-refractivity contribution >= 4 is 11.6 Å². The predicted octanol–water partition coefficient (Wildman–Crippen LogP) is 3.87. The fourth-order valence-corrected chi connectivity index (χ4v) is 2.75. The van der Waals surface area contributed by atoms with E-state index in [1.807, 2.05) is 32.0 Å². The first-order chi connectivity index (χ1) is 12.8. The monoisotopic (exact) mass is 365 g/mol. The molecule has 3 aromatic rings. The Balaban J connectivity index is 1.91. The molecular formula is C21H20FN3O2. The Hall–Kier alpha value is -3.28.